The number of carbonyl (C=O) groups is 2. The van der Waals surface area contributed by atoms with Gasteiger partial charge in [0.2, 0.25) is 0 Å². The molecule has 1 amide bonds. The van der Waals surface area contributed by atoms with Crippen LogP contribution in [0.25, 0.3) is 6.08 Å². The molecule has 6 nitrogen and oxygen atoms in total. The van der Waals surface area contributed by atoms with Gasteiger partial charge in [0.05, 0.1) is 13.2 Å². The number of carbonyl (C=O) groups excluding carboxylic acids is 2. The fraction of sp³-hybridized carbons (Fsp3) is 0.292. The number of esters is 1. The summed E-state index contributed by atoms with van der Waals surface area (Å²) in [6.45, 7) is 1.50. The van der Waals surface area contributed by atoms with Gasteiger partial charge in [-0.2, -0.15) is 5.26 Å². The fourth-order valence-corrected chi connectivity index (χ4v) is 3.47. The lowest BCUT2D eigenvalue weighted by Gasteiger charge is -2.27. The second-order valence-electron chi connectivity index (χ2n) is 7.14. The number of amides is 1. The smallest absolute Gasteiger partial charge is 0.349 e. The van der Waals surface area contributed by atoms with Gasteiger partial charge in [-0.05, 0) is 61.1 Å². The number of hydrogen-bond donors (Lipinski definition) is 1. The zero-order valence-electron chi connectivity index (χ0n) is 17.1. The second-order valence-corrected chi connectivity index (χ2v) is 7.14. The van der Waals surface area contributed by atoms with E-state index in [2.05, 4.69) is 11.4 Å². The topological polar surface area (TPSA) is 88.4 Å². The molecule has 1 N–H and O–H groups in total. The molecule has 2 aromatic carbocycles. The molecule has 154 valence electrons. The first-order valence-corrected chi connectivity index (χ1v) is 9.87. The van der Waals surface area contributed by atoms with Crippen LogP contribution < -0.4 is 10.1 Å². The molecule has 2 aromatic rings. The van der Waals surface area contributed by atoms with E-state index in [-0.39, 0.29) is 17.5 Å². The van der Waals surface area contributed by atoms with Crippen LogP contribution in [0.1, 0.15) is 42.5 Å². The number of aryl methyl sites for hydroxylation is 1. The van der Waals surface area contributed by atoms with Gasteiger partial charge in [0.15, 0.2) is 6.10 Å². The predicted octanol–water partition coefficient (Wildman–Crippen LogP) is 3.73. The number of nitrogens with zero attached hydrogens (tertiary/aromatic N) is 1. The first kappa shape index (κ1) is 21.1. The Labute approximate surface area is 176 Å². The van der Waals surface area contributed by atoms with Crippen molar-refractivity contribution >= 4 is 18.0 Å². The number of nitrogens with one attached hydrogen (secondary N) is 1. The molecule has 0 fully saturated rings. The Morgan fingerprint density at radius 2 is 1.93 bits per heavy atom. The molecular formula is C24H24N2O4. The van der Waals surface area contributed by atoms with Gasteiger partial charge in [-0.25, -0.2) is 4.79 Å². The third-order valence-electron chi connectivity index (χ3n) is 5.11. The van der Waals surface area contributed by atoms with E-state index in [0.717, 1.165) is 24.8 Å². The lowest BCUT2D eigenvalue weighted by Crippen LogP contribution is -2.39. The molecule has 30 heavy (non-hydrogen) atoms. The first-order chi connectivity index (χ1) is 14.5. The van der Waals surface area contributed by atoms with E-state index in [1.165, 1.54) is 18.6 Å². The van der Waals surface area contributed by atoms with E-state index >= 15 is 0 Å². The van der Waals surface area contributed by atoms with Crippen LogP contribution in [0.3, 0.4) is 0 Å². The monoisotopic (exact) mass is 404 g/mol. The largest absolute Gasteiger partial charge is 0.497 e. The van der Waals surface area contributed by atoms with Crippen LogP contribution in [0.15, 0.2) is 54.1 Å². The molecule has 1 aliphatic rings. The SMILES string of the molecule is COc1ccc(/C=C(\C#N)C(=O)O[C@H](C)C(=O)N[C@H]2CCCc3ccccc32)cc1. The van der Waals surface area contributed by atoms with Gasteiger partial charge in [-0.3, -0.25) is 4.79 Å². The summed E-state index contributed by atoms with van der Waals surface area (Å²) >= 11 is 0. The molecule has 3 rings (SSSR count). The zero-order chi connectivity index (χ0) is 21.5. The van der Waals surface area contributed by atoms with Gasteiger partial charge in [0, 0.05) is 0 Å². The highest BCUT2D eigenvalue weighted by Gasteiger charge is 2.26. The van der Waals surface area contributed by atoms with Crippen molar-refractivity contribution in [1.29, 1.82) is 5.26 Å². The van der Waals surface area contributed by atoms with Gasteiger partial charge in [0.25, 0.3) is 5.91 Å². The van der Waals surface area contributed by atoms with Crippen LogP contribution in [0.4, 0.5) is 0 Å². The van der Waals surface area contributed by atoms with E-state index in [4.69, 9.17) is 9.47 Å². The number of ether oxygens (including phenoxy) is 2. The normalized spacial score (nSPS) is 16.6. The Morgan fingerprint density at radius 3 is 2.63 bits per heavy atom. The van der Waals surface area contributed by atoms with Crippen molar-refractivity contribution in [3.05, 3.63) is 70.8 Å². The molecule has 1 aliphatic carbocycles. The van der Waals surface area contributed by atoms with Crippen molar-refractivity contribution < 1.29 is 19.1 Å². The standard InChI is InChI=1S/C24H24N2O4/c1-16(23(27)26-22-9-5-7-18-6-3-4-8-21(18)22)30-24(28)19(15-25)14-17-10-12-20(29-2)13-11-17/h3-4,6,8,10-14,16,22H,5,7,9H2,1-2H3,(H,26,27)/b19-14+/t16-,22+/m1/s1. The number of benzene rings is 2. The molecule has 6 heteroatoms. The molecule has 2 atom stereocenters. The van der Waals surface area contributed by atoms with Crippen LogP contribution in [0, 0.1) is 11.3 Å². The number of rotatable bonds is 6. The average molecular weight is 404 g/mol. The van der Waals surface area contributed by atoms with Crippen LogP contribution in [-0.4, -0.2) is 25.1 Å². The maximum atomic E-state index is 12.6. The van der Waals surface area contributed by atoms with Crippen molar-refractivity contribution in [3.63, 3.8) is 0 Å². The molecule has 0 heterocycles. The van der Waals surface area contributed by atoms with E-state index in [0.29, 0.717) is 11.3 Å². The van der Waals surface area contributed by atoms with Crippen LogP contribution in [0.5, 0.6) is 5.75 Å². The fourth-order valence-electron chi connectivity index (χ4n) is 3.47. The highest BCUT2D eigenvalue weighted by atomic mass is 16.5. The Kier molecular flexibility index (Phi) is 6.87. The summed E-state index contributed by atoms with van der Waals surface area (Å²) in [5.41, 5.74) is 2.81. The third-order valence-corrected chi connectivity index (χ3v) is 5.11. The maximum absolute atomic E-state index is 12.6. The van der Waals surface area contributed by atoms with Gasteiger partial charge in [-0.1, -0.05) is 36.4 Å². The van der Waals surface area contributed by atoms with Crippen LogP contribution >= 0.6 is 0 Å². The van der Waals surface area contributed by atoms with E-state index in [1.807, 2.05) is 24.3 Å². The molecule has 0 spiro atoms. The molecule has 0 aromatic heterocycles. The molecule has 0 aliphatic heterocycles. The van der Waals surface area contributed by atoms with Gasteiger partial charge in [-0.15, -0.1) is 0 Å². The number of methoxy groups -OCH3 is 1. The van der Waals surface area contributed by atoms with E-state index in [1.54, 1.807) is 31.4 Å². The van der Waals surface area contributed by atoms with Crippen molar-refractivity contribution in [2.24, 2.45) is 0 Å². The minimum absolute atomic E-state index is 0.103. The van der Waals surface area contributed by atoms with E-state index in [9.17, 15) is 14.9 Å². The average Bonchev–Trinajstić information content (AvgIpc) is 2.78. The number of hydrogen-bond acceptors (Lipinski definition) is 5. The summed E-state index contributed by atoms with van der Waals surface area (Å²) < 4.78 is 10.3. The minimum Gasteiger partial charge on any atom is -0.497 e. The van der Waals surface area contributed by atoms with Crippen LogP contribution in [0.2, 0.25) is 0 Å². The second kappa shape index (κ2) is 9.75. The molecule has 0 bridgehead atoms. The number of nitriles is 1. The highest BCUT2D eigenvalue weighted by molar-refractivity contribution is 5.99. The maximum Gasteiger partial charge on any atom is 0.349 e. The van der Waals surface area contributed by atoms with Crippen molar-refractivity contribution in [2.75, 3.05) is 7.11 Å². The molecular weight excluding hydrogens is 380 g/mol. The lowest BCUT2D eigenvalue weighted by atomic mass is 9.87. The minimum atomic E-state index is -1.01. The predicted molar refractivity (Wildman–Crippen MR) is 112 cm³/mol. The Hall–Kier alpha value is -3.59. The van der Waals surface area contributed by atoms with Gasteiger partial charge < -0.3 is 14.8 Å². The van der Waals surface area contributed by atoms with Crippen molar-refractivity contribution in [3.8, 4) is 11.8 Å². The quantitative estimate of drug-likeness (QED) is 0.450. The van der Waals surface area contributed by atoms with Crippen LogP contribution in [-0.2, 0) is 20.7 Å². The summed E-state index contributed by atoms with van der Waals surface area (Å²) in [5.74, 6) is -0.547. The van der Waals surface area contributed by atoms with Gasteiger partial charge >= 0.3 is 5.97 Å². The zero-order valence-corrected chi connectivity index (χ0v) is 17.1. The molecule has 0 unspecified atom stereocenters. The summed E-state index contributed by atoms with van der Waals surface area (Å²) in [5, 5.41) is 12.3. The van der Waals surface area contributed by atoms with Crippen molar-refractivity contribution in [1.82, 2.24) is 5.32 Å². The highest BCUT2D eigenvalue weighted by Crippen LogP contribution is 2.29. The molecule has 0 radical (unpaired) electrons. The van der Waals surface area contributed by atoms with E-state index < -0.39 is 12.1 Å². The summed E-state index contributed by atoms with van der Waals surface area (Å²) in [6, 6.07) is 16.7. The lowest BCUT2D eigenvalue weighted by molar-refractivity contribution is -0.151. The number of fused-ring (bicyclic) bond motifs is 1. The Morgan fingerprint density at radius 1 is 1.20 bits per heavy atom. The Balaban J connectivity index is 1.63. The summed E-state index contributed by atoms with van der Waals surface area (Å²) in [6.07, 6.45) is 3.22. The first-order valence-electron chi connectivity index (χ1n) is 9.87. The molecule has 0 saturated heterocycles. The summed E-state index contributed by atoms with van der Waals surface area (Å²) in [7, 11) is 1.56. The Bertz CT molecular complexity index is 989. The van der Waals surface area contributed by atoms with Crippen molar-refractivity contribution in [2.45, 2.75) is 38.3 Å². The molecule has 0 saturated carbocycles. The third kappa shape index (κ3) is 5.06. The summed E-state index contributed by atoms with van der Waals surface area (Å²) in [4.78, 5) is 25.0. The van der Waals surface area contributed by atoms with Gasteiger partial charge in [0.1, 0.15) is 17.4 Å².